The third kappa shape index (κ3) is 4.79. The summed E-state index contributed by atoms with van der Waals surface area (Å²) < 4.78 is 16.0. The maximum atomic E-state index is 12.2. The monoisotopic (exact) mass is 385 g/mol. The number of amides is 1. The normalized spacial score (nSPS) is 10.5. The van der Waals surface area contributed by atoms with Crippen LogP contribution in [0.15, 0.2) is 52.1 Å². The summed E-state index contributed by atoms with van der Waals surface area (Å²) >= 11 is 1.17. The number of aryl methyl sites for hydroxylation is 1. The van der Waals surface area contributed by atoms with Gasteiger partial charge >= 0.3 is 0 Å². The van der Waals surface area contributed by atoms with Gasteiger partial charge in [0.2, 0.25) is 11.8 Å². The molecule has 27 heavy (non-hydrogen) atoms. The second kappa shape index (κ2) is 8.59. The van der Waals surface area contributed by atoms with Crippen LogP contribution in [0, 0.1) is 6.92 Å². The largest absolute Gasteiger partial charge is 0.497 e. The molecule has 1 heterocycles. The fraction of sp³-hybridized carbons (Fsp3) is 0.211. The molecular weight excluding hydrogens is 366 g/mol. The Morgan fingerprint density at radius 3 is 2.48 bits per heavy atom. The standard InChI is InChI=1S/C19H19N3O4S/c1-12-6-4-5-7-16(12)18-21-22-19(26-18)27-11-17(23)20-13-8-14(24-2)10-15(9-13)25-3/h4-10H,11H2,1-3H3,(H,20,23). The van der Waals surface area contributed by atoms with Gasteiger partial charge in [0.15, 0.2) is 0 Å². The van der Waals surface area contributed by atoms with Gasteiger partial charge in [0.25, 0.3) is 5.22 Å². The number of methoxy groups -OCH3 is 2. The third-order valence-corrected chi connectivity index (χ3v) is 4.56. The van der Waals surface area contributed by atoms with Crippen LogP contribution in [0.2, 0.25) is 0 Å². The van der Waals surface area contributed by atoms with E-state index in [0.29, 0.717) is 28.3 Å². The van der Waals surface area contributed by atoms with E-state index < -0.39 is 0 Å². The second-order valence-electron chi connectivity index (χ2n) is 5.63. The van der Waals surface area contributed by atoms with Crippen LogP contribution in [0.1, 0.15) is 5.56 Å². The van der Waals surface area contributed by atoms with Crippen molar-refractivity contribution in [2.24, 2.45) is 0 Å². The van der Waals surface area contributed by atoms with Crippen molar-refractivity contribution >= 4 is 23.4 Å². The fourth-order valence-electron chi connectivity index (χ4n) is 2.39. The number of thioether (sulfide) groups is 1. The number of aromatic nitrogens is 2. The number of hydrogen-bond acceptors (Lipinski definition) is 7. The minimum absolute atomic E-state index is 0.134. The molecule has 1 N–H and O–H groups in total. The minimum atomic E-state index is -0.203. The smallest absolute Gasteiger partial charge is 0.277 e. The Labute approximate surface area is 161 Å². The molecule has 0 radical (unpaired) electrons. The zero-order chi connectivity index (χ0) is 19.2. The molecule has 0 saturated carbocycles. The van der Waals surface area contributed by atoms with Crippen LogP contribution in [0.4, 0.5) is 5.69 Å². The highest BCUT2D eigenvalue weighted by Crippen LogP contribution is 2.27. The van der Waals surface area contributed by atoms with E-state index in [1.807, 2.05) is 31.2 Å². The summed E-state index contributed by atoms with van der Waals surface area (Å²) in [6, 6.07) is 12.9. The van der Waals surface area contributed by atoms with Crippen molar-refractivity contribution in [3.63, 3.8) is 0 Å². The Morgan fingerprint density at radius 1 is 1.11 bits per heavy atom. The van der Waals surface area contributed by atoms with Crippen molar-refractivity contribution in [2.45, 2.75) is 12.1 Å². The van der Waals surface area contributed by atoms with Gasteiger partial charge in [-0.1, -0.05) is 30.0 Å². The van der Waals surface area contributed by atoms with Crippen molar-refractivity contribution in [1.29, 1.82) is 0 Å². The number of rotatable bonds is 7. The van der Waals surface area contributed by atoms with Crippen molar-refractivity contribution < 1.29 is 18.7 Å². The highest BCUT2D eigenvalue weighted by molar-refractivity contribution is 7.99. The molecule has 0 atom stereocenters. The van der Waals surface area contributed by atoms with Crippen molar-refractivity contribution in [1.82, 2.24) is 10.2 Å². The van der Waals surface area contributed by atoms with Crippen LogP contribution >= 0.6 is 11.8 Å². The molecule has 3 aromatic rings. The molecule has 0 aliphatic carbocycles. The Kier molecular flexibility index (Phi) is 5.97. The van der Waals surface area contributed by atoms with Gasteiger partial charge in [-0.3, -0.25) is 4.79 Å². The molecule has 8 heteroatoms. The molecule has 1 amide bonds. The highest BCUT2D eigenvalue weighted by Gasteiger charge is 2.13. The van der Waals surface area contributed by atoms with Gasteiger partial charge in [-0.15, -0.1) is 10.2 Å². The van der Waals surface area contributed by atoms with Gasteiger partial charge in [0.05, 0.1) is 20.0 Å². The Morgan fingerprint density at radius 2 is 1.81 bits per heavy atom. The summed E-state index contributed by atoms with van der Waals surface area (Å²) in [7, 11) is 3.11. The summed E-state index contributed by atoms with van der Waals surface area (Å²) in [6.45, 7) is 1.97. The van der Waals surface area contributed by atoms with Crippen LogP contribution in [0.25, 0.3) is 11.5 Å². The number of nitrogens with one attached hydrogen (secondary N) is 1. The number of carbonyl (C=O) groups excluding carboxylic acids is 1. The van der Waals surface area contributed by atoms with Crippen LogP contribution in [0.3, 0.4) is 0 Å². The first-order chi connectivity index (χ1) is 13.1. The average Bonchev–Trinajstić information content (AvgIpc) is 3.15. The van der Waals surface area contributed by atoms with Crippen molar-refractivity contribution in [2.75, 3.05) is 25.3 Å². The summed E-state index contributed by atoms with van der Waals surface area (Å²) in [5, 5.41) is 11.2. The van der Waals surface area contributed by atoms with E-state index in [-0.39, 0.29) is 11.7 Å². The number of anilines is 1. The minimum Gasteiger partial charge on any atom is -0.497 e. The van der Waals surface area contributed by atoms with Gasteiger partial charge in [0, 0.05) is 29.4 Å². The van der Waals surface area contributed by atoms with E-state index in [9.17, 15) is 4.79 Å². The lowest BCUT2D eigenvalue weighted by Crippen LogP contribution is -2.14. The number of ether oxygens (including phenoxy) is 2. The first kappa shape index (κ1) is 18.8. The van der Waals surface area contributed by atoms with Gasteiger partial charge in [-0.25, -0.2) is 0 Å². The predicted molar refractivity (Wildman–Crippen MR) is 103 cm³/mol. The first-order valence-electron chi connectivity index (χ1n) is 8.14. The molecule has 0 aliphatic heterocycles. The summed E-state index contributed by atoms with van der Waals surface area (Å²) in [6.07, 6.45) is 0. The molecule has 140 valence electrons. The van der Waals surface area contributed by atoms with Gasteiger partial charge < -0.3 is 19.2 Å². The number of hydrogen-bond donors (Lipinski definition) is 1. The SMILES string of the molecule is COc1cc(NC(=O)CSc2nnc(-c3ccccc3C)o2)cc(OC)c1. The van der Waals surface area contributed by atoms with Crippen LogP contribution in [-0.4, -0.2) is 36.1 Å². The third-order valence-electron chi connectivity index (χ3n) is 3.74. The summed E-state index contributed by atoms with van der Waals surface area (Å²) in [5.74, 6) is 1.56. The molecule has 0 fully saturated rings. The van der Waals surface area contributed by atoms with Crippen LogP contribution < -0.4 is 14.8 Å². The topological polar surface area (TPSA) is 86.5 Å². The molecule has 0 aliphatic rings. The lowest BCUT2D eigenvalue weighted by Gasteiger charge is -2.09. The molecule has 7 nitrogen and oxygen atoms in total. The van der Waals surface area contributed by atoms with Crippen LogP contribution in [-0.2, 0) is 4.79 Å². The zero-order valence-electron chi connectivity index (χ0n) is 15.2. The molecule has 1 aromatic heterocycles. The van der Waals surface area contributed by atoms with Crippen molar-refractivity contribution in [3.05, 3.63) is 48.0 Å². The summed E-state index contributed by atoms with van der Waals surface area (Å²) in [5.41, 5.74) is 2.51. The maximum Gasteiger partial charge on any atom is 0.277 e. The Hall–Kier alpha value is -3.00. The van der Waals surface area contributed by atoms with Gasteiger partial charge in [-0.05, 0) is 18.6 Å². The van der Waals surface area contributed by atoms with E-state index in [1.165, 1.54) is 11.8 Å². The molecule has 0 saturated heterocycles. The van der Waals surface area contributed by atoms with E-state index in [1.54, 1.807) is 32.4 Å². The number of benzene rings is 2. The highest BCUT2D eigenvalue weighted by atomic mass is 32.2. The Balaban J connectivity index is 1.61. The van der Waals surface area contributed by atoms with E-state index >= 15 is 0 Å². The molecular formula is C19H19N3O4S. The van der Waals surface area contributed by atoms with E-state index in [0.717, 1.165) is 11.1 Å². The molecule has 0 bridgehead atoms. The van der Waals surface area contributed by atoms with E-state index in [4.69, 9.17) is 13.9 Å². The molecule has 0 spiro atoms. The molecule has 0 unspecified atom stereocenters. The van der Waals surface area contributed by atoms with Crippen molar-refractivity contribution in [3.8, 4) is 23.0 Å². The zero-order valence-corrected chi connectivity index (χ0v) is 16.0. The first-order valence-corrected chi connectivity index (χ1v) is 9.13. The molecule has 3 rings (SSSR count). The lowest BCUT2D eigenvalue weighted by molar-refractivity contribution is -0.113. The Bertz CT molecular complexity index is 920. The fourth-order valence-corrected chi connectivity index (χ4v) is 2.96. The lowest BCUT2D eigenvalue weighted by atomic mass is 10.1. The second-order valence-corrected chi connectivity index (χ2v) is 6.55. The average molecular weight is 385 g/mol. The van der Waals surface area contributed by atoms with Gasteiger partial charge in [0.1, 0.15) is 11.5 Å². The number of nitrogens with zero attached hydrogens (tertiary/aromatic N) is 2. The quantitative estimate of drug-likeness (QED) is 0.619. The van der Waals surface area contributed by atoms with E-state index in [2.05, 4.69) is 15.5 Å². The number of carbonyl (C=O) groups is 1. The maximum absolute atomic E-state index is 12.2. The van der Waals surface area contributed by atoms with Crippen LogP contribution in [0.5, 0.6) is 11.5 Å². The predicted octanol–water partition coefficient (Wildman–Crippen LogP) is 3.79. The van der Waals surface area contributed by atoms with Gasteiger partial charge in [-0.2, -0.15) is 0 Å². The molecule has 2 aromatic carbocycles. The summed E-state index contributed by atoms with van der Waals surface area (Å²) in [4.78, 5) is 12.2.